The summed E-state index contributed by atoms with van der Waals surface area (Å²) in [5.74, 6) is 1.50. The number of alkyl halides is 4. The zero-order valence-corrected chi connectivity index (χ0v) is 12.1. The monoisotopic (exact) mass is 300 g/mol. The van der Waals surface area contributed by atoms with E-state index in [1.807, 2.05) is 0 Å². The molecule has 4 aliphatic rings. The van der Waals surface area contributed by atoms with Crippen molar-refractivity contribution < 1.29 is 0 Å². The smallest absolute Gasteiger partial charge is 0.105 e. The second-order valence-corrected chi connectivity index (χ2v) is 8.48. The molecule has 4 bridgehead atoms. The van der Waals surface area contributed by atoms with Crippen LogP contribution in [0.4, 0.5) is 0 Å². The van der Waals surface area contributed by atoms with Gasteiger partial charge in [-0.25, -0.2) is 0 Å². The van der Waals surface area contributed by atoms with Crippen LogP contribution in [-0.4, -0.2) is 9.67 Å². The molecule has 0 aromatic carbocycles. The third-order valence-corrected chi connectivity index (χ3v) is 6.93. The number of rotatable bonds is 2. The Hall–Kier alpha value is 1.16. The molecule has 4 fully saturated rings. The molecule has 0 heterocycles. The molecule has 0 atom stereocenters. The first-order valence-electron chi connectivity index (χ1n) is 6.02. The molecule has 0 unspecified atom stereocenters. The van der Waals surface area contributed by atoms with Gasteiger partial charge in [-0.15, -0.1) is 46.4 Å². The van der Waals surface area contributed by atoms with Crippen LogP contribution in [0.2, 0.25) is 0 Å². The van der Waals surface area contributed by atoms with Crippen LogP contribution >= 0.6 is 46.4 Å². The van der Waals surface area contributed by atoms with Gasteiger partial charge in [-0.1, -0.05) is 0 Å². The molecule has 4 saturated carbocycles. The lowest BCUT2D eigenvalue weighted by atomic mass is 9.45. The van der Waals surface area contributed by atoms with E-state index in [2.05, 4.69) is 0 Å². The molecule has 0 N–H and O–H groups in total. The van der Waals surface area contributed by atoms with Crippen molar-refractivity contribution in [2.75, 3.05) is 0 Å². The molecular weight excluding hydrogens is 286 g/mol. The fraction of sp³-hybridized carbons (Fsp3) is 1.00. The van der Waals surface area contributed by atoms with E-state index in [4.69, 9.17) is 46.4 Å². The minimum atomic E-state index is -0.259. The number of halogens is 4. The lowest BCUT2D eigenvalue weighted by Gasteiger charge is -2.63. The van der Waals surface area contributed by atoms with Gasteiger partial charge in [0.25, 0.3) is 0 Å². The first-order chi connectivity index (χ1) is 7.46. The summed E-state index contributed by atoms with van der Waals surface area (Å²) in [4.78, 5) is -0.519. The van der Waals surface area contributed by atoms with E-state index in [1.165, 1.54) is 32.1 Å². The molecule has 4 rings (SSSR count). The van der Waals surface area contributed by atoms with Crippen LogP contribution in [0.5, 0.6) is 0 Å². The van der Waals surface area contributed by atoms with Gasteiger partial charge in [-0.05, 0) is 50.4 Å². The molecule has 0 aliphatic heterocycles. The molecule has 92 valence electrons. The zero-order valence-electron chi connectivity index (χ0n) is 9.06. The average Bonchev–Trinajstić information content (AvgIpc) is 2.14. The second kappa shape index (κ2) is 3.83. The summed E-state index contributed by atoms with van der Waals surface area (Å²) in [5.41, 5.74) is 0.213. The van der Waals surface area contributed by atoms with Crippen molar-refractivity contribution in [2.24, 2.45) is 22.7 Å². The molecule has 0 aromatic heterocycles. The van der Waals surface area contributed by atoms with E-state index < -0.39 is 0 Å². The molecular formula is C12H16Cl4. The third kappa shape index (κ3) is 1.63. The van der Waals surface area contributed by atoms with Crippen LogP contribution in [0.25, 0.3) is 0 Å². The van der Waals surface area contributed by atoms with Gasteiger partial charge in [-0.3, -0.25) is 0 Å². The van der Waals surface area contributed by atoms with Gasteiger partial charge in [0, 0.05) is 10.8 Å². The van der Waals surface area contributed by atoms with Crippen LogP contribution in [0, 0.1) is 22.7 Å². The van der Waals surface area contributed by atoms with Crippen LogP contribution < -0.4 is 0 Å². The van der Waals surface area contributed by atoms with Crippen LogP contribution in [0.1, 0.15) is 38.5 Å². The van der Waals surface area contributed by atoms with Gasteiger partial charge in [0.05, 0.1) is 0 Å². The van der Waals surface area contributed by atoms with E-state index in [0.717, 1.165) is 18.3 Å². The van der Waals surface area contributed by atoms with E-state index in [9.17, 15) is 0 Å². The zero-order chi connectivity index (χ0) is 11.6. The summed E-state index contributed by atoms with van der Waals surface area (Å²) >= 11 is 25.0. The molecule has 16 heavy (non-hydrogen) atoms. The van der Waals surface area contributed by atoms with Gasteiger partial charge < -0.3 is 0 Å². The van der Waals surface area contributed by atoms with E-state index >= 15 is 0 Å². The van der Waals surface area contributed by atoms with Crippen molar-refractivity contribution in [2.45, 2.75) is 48.2 Å². The van der Waals surface area contributed by atoms with Gasteiger partial charge in [0.1, 0.15) is 9.67 Å². The summed E-state index contributed by atoms with van der Waals surface area (Å²) in [5, 5.41) is 0. The molecule has 0 saturated heterocycles. The number of hydrogen-bond acceptors (Lipinski definition) is 0. The van der Waals surface area contributed by atoms with E-state index in [1.54, 1.807) is 0 Å². The molecule has 4 aliphatic carbocycles. The lowest BCUT2D eigenvalue weighted by molar-refractivity contribution is -0.0973. The average molecular weight is 302 g/mol. The largest absolute Gasteiger partial charge is 0.113 e. The molecule has 0 amide bonds. The highest BCUT2D eigenvalue weighted by Crippen LogP contribution is 2.69. The standard InChI is InChI=1S/C12H16Cl4/c13-9(14)11-2-7-1-8(4-11)5-12(3-7,6-11)10(15)16/h7-10H,1-6H2. The Morgan fingerprint density at radius 1 is 0.750 bits per heavy atom. The van der Waals surface area contributed by atoms with Crippen molar-refractivity contribution >= 4 is 46.4 Å². The van der Waals surface area contributed by atoms with Gasteiger partial charge in [-0.2, -0.15) is 0 Å². The maximum absolute atomic E-state index is 6.24. The van der Waals surface area contributed by atoms with Gasteiger partial charge >= 0.3 is 0 Å². The van der Waals surface area contributed by atoms with Crippen LogP contribution in [-0.2, 0) is 0 Å². The van der Waals surface area contributed by atoms with Gasteiger partial charge in [0.15, 0.2) is 0 Å². The Morgan fingerprint density at radius 3 is 1.44 bits per heavy atom. The Kier molecular flexibility index (Phi) is 2.92. The summed E-state index contributed by atoms with van der Waals surface area (Å²) < 4.78 is 0. The SMILES string of the molecule is ClC(Cl)C12CC3CC(C1)CC(C(Cl)Cl)(C3)C2. The summed E-state index contributed by atoms with van der Waals surface area (Å²) in [6.45, 7) is 0. The molecule has 4 heteroatoms. The molecule has 0 spiro atoms. The Balaban J connectivity index is 1.97. The quantitative estimate of drug-likeness (QED) is 0.616. The highest BCUT2D eigenvalue weighted by Gasteiger charge is 2.61. The van der Waals surface area contributed by atoms with Crippen molar-refractivity contribution in [1.82, 2.24) is 0 Å². The van der Waals surface area contributed by atoms with Crippen molar-refractivity contribution in [3.05, 3.63) is 0 Å². The summed E-state index contributed by atoms with van der Waals surface area (Å²) in [6.07, 6.45) is 7.10. The second-order valence-electron chi connectivity index (χ2n) is 6.29. The minimum absolute atomic E-state index is 0.106. The Bertz CT molecular complexity index is 259. The van der Waals surface area contributed by atoms with E-state index in [0.29, 0.717) is 0 Å². The van der Waals surface area contributed by atoms with Gasteiger partial charge in [0.2, 0.25) is 0 Å². The predicted octanol–water partition coefficient (Wildman–Crippen LogP) is 5.18. The Morgan fingerprint density at radius 2 is 1.12 bits per heavy atom. The van der Waals surface area contributed by atoms with Crippen molar-refractivity contribution in [3.8, 4) is 0 Å². The number of hydrogen-bond donors (Lipinski definition) is 0. The summed E-state index contributed by atoms with van der Waals surface area (Å²) in [7, 11) is 0. The van der Waals surface area contributed by atoms with Crippen molar-refractivity contribution in [3.63, 3.8) is 0 Å². The Labute approximate surface area is 117 Å². The molecule has 0 aromatic rings. The van der Waals surface area contributed by atoms with Crippen LogP contribution in [0.15, 0.2) is 0 Å². The highest BCUT2D eigenvalue weighted by molar-refractivity contribution is 6.45. The van der Waals surface area contributed by atoms with Crippen LogP contribution in [0.3, 0.4) is 0 Å². The highest BCUT2D eigenvalue weighted by atomic mass is 35.5. The maximum atomic E-state index is 6.24. The topological polar surface area (TPSA) is 0 Å². The normalized spacial score (nSPS) is 50.6. The first kappa shape index (κ1) is 12.2. The fourth-order valence-electron chi connectivity index (χ4n) is 4.92. The van der Waals surface area contributed by atoms with Crippen molar-refractivity contribution in [1.29, 1.82) is 0 Å². The lowest BCUT2D eigenvalue weighted by Crippen LogP contribution is -2.56. The molecule has 0 nitrogen and oxygen atoms in total. The van der Waals surface area contributed by atoms with E-state index in [-0.39, 0.29) is 20.5 Å². The fourth-order valence-corrected chi connectivity index (χ4v) is 5.94. The molecule has 0 radical (unpaired) electrons. The predicted molar refractivity (Wildman–Crippen MR) is 70.5 cm³/mol. The third-order valence-electron chi connectivity index (χ3n) is 5.08. The summed E-state index contributed by atoms with van der Waals surface area (Å²) in [6, 6.07) is 0. The first-order valence-corrected chi connectivity index (χ1v) is 7.77. The minimum Gasteiger partial charge on any atom is -0.105 e. The maximum Gasteiger partial charge on any atom is 0.113 e.